The van der Waals surface area contributed by atoms with Gasteiger partial charge in [-0.15, -0.1) is 0 Å². The van der Waals surface area contributed by atoms with Gasteiger partial charge in [0.15, 0.2) is 0 Å². The number of nitrogens with two attached hydrogens (primary N) is 1. The number of hydrogen-bond acceptors (Lipinski definition) is 3. The van der Waals surface area contributed by atoms with Gasteiger partial charge >= 0.3 is 0 Å². The van der Waals surface area contributed by atoms with Crippen molar-refractivity contribution in [1.29, 1.82) is 0 Å². The summed E-state index contributed by atoms with van der Waals surface area (Å²) in [6.45, 7) is -0.0365. The van der Waals surface area contributed by atoms with Crippen LogP contribution in [0, 0.1) is 0 Å². The maximum absolute atomic E-state index is 11.7. The standard InChI is InChI=1S/C6H13F2N3O/c1-11(4-5(7)8)3-2-6(12)10-9/h5H,2-4,9H2,1H3,(H,10,12). The number of carbonyl (C=O) groups excluding carboxylic acids is 1. The topological polar surface area (TPSA) is 58.4 Å². The fourth-order valence-corrected chi connectivity index (χ4v) is 0.691. The first-order chi connectivity index (χ1) is 5.56. The van der Waals surface area contributed by atoms with Gasteiger partial charge in [0, 0.05) is 13.0 Å². The van der Waals surface area contributed by atoms with Crippen molar-refractivity contribution in [2.45, 2.75) is 12.8 Å². The third kappa shape index (κ3) is 5.99. The summed E-state index contributed by atoms with van der Waals surface area (Å²) in [4.78, 5) is 11.9. The SMILES string of the molecule is CN(CCC(=O)NN)CC(F)F. The molecule has 1 amide bonds. The van der Waals surface area contributed by atoms with Crippen molar-refractivity contribution >= 4 is 5.91 Å². The molecule has 0 saturated heterocycles. The lowest BCUT2D eigenvalue weighted by atomic mass is 10.4. The number of nitrogens with one attached hydrogen (secondary N) is 1. The number of hydrazine groups is 1. The van der Waals surface area contributed by atoms with E-state index in [1.54, 1.807) is 0 Å². The average molecular weight is 181 g/mol. The third-order valence-corrected chi connectivity index (χ3v) is 1.33. The van der Waals surface area contributed by atoms with Gasteiger partial charge in [0.1, 0.15) is 0 Å². The fourth-order valence-electron chi connectivity index (χ4n) is 0.691. The zero-order valence-corrected chi connectivity index (χ0v) is 6.89. The van der Waals surface area contributed by atoms with Crippen LogP contribution in [0.4, 0.5) is 8.78 Å². The summed E-state index contributed by atoms with van der Waals surface area (Å²) in [5.41, 5.74) is 1.92. The van der Waals surface area contributed by atoms with Crippen LogP contribution in [-0.2, 0) is 4.79 Å². The van der Waals surface area contributed by atoms with Gasteiger partial charge in [-0.2, -0.15) is 0 Å². The van der Waals surface area contributed by atoms with Crippen LogP contribution < -0.4 is 11.3 Å². The number of alkyl halides is 2. The molecule has 4 nitrogen and oxygen atoms in total. The fraction of sp³-hybridized carbons (Fsp3) is 0.833. The van der Waals surface area contributed by atoms with E-state index in [4.69, 9.17) is 5.84 Å². The Kier molecular flexibility index (Phi) is 5.48. The largest absolute Gasteiger partial charge is 0.300 e. The monoisotopic (exact) mass is 181 g/mol. The number of nitrogens with zero attached hydrogens (tertiary/aromatic N) is 1. The van der Waals surface area contributed by atoms with Crippen LogP contribution in [0.5, 0.6) is 0 Å². The molecule has 12 heavy (non-hydrogen) atoms. The smallest absolute Gasteiger partial charge is 0.251 e. The first-order valence-corrected chi connectivity index (χ1v) is 3.52. The molecule has 0 aliphatic carbocycles. The molecule has 3 N–H and O–H groups in total. The summed E-state index contributed by atoms with van der Waals surface area (Å²) < 4.78 is 23.4. The molecule has 72 valence electrons. The second-order valence-electron chi connectivity index (χ2n) is 2.47. The Labute approximate surface area is 69.7 Å². The van der Waals surface area contributed by atoms with Crippen molar-refractivity contribution in [2.75, 3.05) is 20.1 Å². The maximum atomic E-state index is 11.7. The van der Waals surface area contributed by atoms with Gasteiger partial charge in [0.2, 0.25) is 5.91 Å². The van der Waals surface area contributed by atoms with E-state index in [1.807, 2.05) is 5.43 Å². The van der Waals surface area contributed by atoms with Gasteiger partial charge in [-0.25, -0.2) is 14.6 Å². The highest BCUT2D eigenvalue weighted by atomic mass is 19.3. The van der Waals surface area contributed by atoms with E-state index in [0.29, 0.717) is 0 Å². The predicted molar refractivity (Wildman–Crippen MR) is 40.4 cm³/mol. The Morgan fingerprint density at radius 3 is 2.67 bits per heavy atom. The molecule has 0 fully saturated rings. The summed E-state index contributed by atoms with van der Waals surface area (Å²) in [6.07, 6.45) is -2.23. The molecule has 0 heterocycles. The van der Waals surface area contributed by atoms with Crippen LogP contribution in [0.2, 0.25) is 0 Å². The number of hydrogen-bond donors (Lipinski definition) is 2. The van der Waals surface area contributed by atoms with Crippen LogP contribution in [0.15, 0.2) is 0 Å². The van der Waals surface area contributed by atoms with Crippen molar-refractivity contribution in [3.05, 3.63) is 0 Å². The normalized spacial score (nSPS) is 10.8. The van der Waals surface area contributed by atoms with Crippen LogP contribution in [0.1, 0.15) is 6.42 Å². The summed E-state index contributed by atoms with van der Waals surface area (Å²) in [6, 6.07) is 0. The lowest BCUT2D eigenvalue weighted by Crippen LogP contribution is -2.34. The van der Waals surface area contributed by atoms with Crippen molar-refractivity contribution in [1.82, 2.24) is 10.3 Å². The van der Waals surface area contributed by atoms with Gasteiger partial charge < -0.3 is 4.90 Å². The Morgan fingerprint density at radius 2 is 2.25 bits per heavy atom. The van der Waals surface area contributed by atoms with Gasteiger partial charge in [0.25, 0.3) is 6.43 Å². The minimum absolute atomic E-state index is 0.139. The van der Waals surface area contributed by atoms with Gasteiger partial charge in [-0.3, -0.25) is 10.2 Å². The van der Waals surface area contributed by atoms with Crippen molar-refractivity contribution in [3.63, 3.8) is 0 Å². The molecule has 0 saturated carbocycles. The molecule has 0 aromatic carbocycles. The summed E-state index contributed by atoms with van der Waals surface area (Å²) >= 11 is 0. The second kappa shape index (κ2) is 5.84. The molecule has 0 aliphatic rings. The van der Waals surface area contributed by atoms with Gasteiger partial charge in [-0.05, 0) is 7.05 Å². The molecule has 0 aliphatic heterocycles. The first-order valence-electron chi connectivity index (χ1n) is 3.52. The summed E-state index contributed by atoms with van der Waals surface area (Å²) in [5.74, 6) is 4.44. The Morgan fingerprint density at radius 1 is 1.67 bits per heavy atom. The molecule has 0 atom stereocenters. The molecular formula is C6H13F2N3O. The van der Waals surface area contributed by atoms with E-state index in [9.17, 15) is 13.6 Å². The highest BCUT2D eigenvalue weighted by Gasteiger charge is 2.08. The van der Waals surface area contributed by atoms with Crippen molar-refractivity contribution in [3.8, 4) is 0 Å². The third-order valence-electron chi connectivity index (χ3n) is 1.33. The minimum atomic E-state index is -2.36. The number of halogens is 2. The molecule has 0 aromatic rings. The van der Waals surface area contributed by atoms with E-state index in [0.717, 1.165) is 0 Å². The van der Waals surface area contributed by atoms with Crippen LogP contribution in [-0.4, -0.2) is 37.4 Å². The Balaban J connectivity index is 3.43. The second-order valence-corrected chi connectivity index (χ2v) is 2.47. The Hall–Kier alpha value is -0.750. The van der Waals surface area contributed by atoms with E-state index < -0.39 is 6.43 Å². The number of carbonyl (C=O) groups is 1. The summed E-state index contributed by atoms with van der Waals surface area (Å²) in [7, 11) is 1.52. The van der Waals surface area contributed by atoms with Crippen molar-refractivity contribution < 1.29 is 13.6 Å². The summed E-state index contributed by atoms with van der Waals surface area (Å²) in [5, 5.41) is 0. The van der Waals surface area contributed by atoms with E-state index >= 15 is 0 Å². The zero-order valence-electron chi connectivity index (χ0n) is 6.89. The average Bonchev–Trinajstić information content (AvgIpc) is 1.99. The maximum Gasteiger partial charge on any atom is 0.251 e. The first kappa shape index (κ1) is 11.2. The number of amides is 1. The minimum Gasteiger partial charge on any atom is -0.300 e. The zero-order chi connectivity index (χ0) is 9.56. The molecular weight excluding hydrogens is 168 g/mol. The molecule has 0 aromatic heterocycles. The Bertz CT molecular complexity index is 143. The van der Waals surface area contributed by atoms with Crippen LogP contribution in [0.3, 0.4) is 0 Å². The molecule has 0 spiro atoms. The quantitative estimate of drug-likeness (QED) is 0.343. The molecule has 0 bridgehead atoms. The van der Waals surface area contributed by atoms with Gasteiger partial charge in [-0.1, -0.05) is 0 Å². The lowest BCUT2D eigenvalue weighted by Gasteiger charge is -2.14. The highest BCUT2D eigenvalue weighted by Crippen LogP contribution is 1.96. The van der Waals surface area contributed by atoms with E-state index in [2.05, 4.69) is 0 Å². The van der Waals surface area contributed by atoms with Gasteiger partial charge in [0.05, 0.1) is 6.54 Å². The molecule has 6 heteroatoms. The van der Waals surface area contributed by atoms with E-state index in [1.165, 1.54) is 11.9 Å². The molecule has 0 radical (unpaired) electrons. The van der Waals surface area contributed by atoms with Crippen LogP contribution in [0.25, 0.3) is 0 Å². The molecule has 0 rings (SSSR count). The van der Waals surface area contributed by atoms with E-state index in [-0.39, 0.29) is 25.4 Å². The number of rotatable bonds is 5. The predicted octanol–water partition coefficient (Wildman–Crippen LogP) is -0.437. The van der Waals surface area contributed by atoms with Crippen LogP contribution >= 0.6 is 0 Å². The highest BCUT2D eigenvalue weighted by molar-refractivity contribution is 5.75. The molecule has 0 unspecified atom stereocenters. The lowest BCUT2D eigenvalue weighted by molar-refractivity contribution is -0.121. The van der Waals surface area contributed by atoms with Crippen molar-refractivity contribution in [2.24, 2.45) is 5.84 Å².